The standard InChI is InChI=1S/C23H18FN5O3S/c24-20-9-5-4-8-19(20)22-26-27-23(28(22)14-16-6-2-1-3-7-16)33-15-21(30)25-17-10-12-18(13-11-17)29(31)32/h1-13H,14-15H2,(H,25,30). The number of nitro benzene ring substituents is 1. The Morgan fingerprint density at radius 2 is 1.70 bits per heavy atom. The number of amides is 1. The van der Waals surface area contributed by atoms with Gasteiger partial charge in [0.2, 0.25) is 5.91 Å². The van der Waals surface area contributed by atoms with Crippen LogP contribution in [-0.2, 0) is 11.3 Å². The van der Waals surface area contributed by atoms with Gasteiger partial charge in [0.05, 0.1) is 22.8 Å². The van der Waals surface area contributed by atoms with Crippen molar-refractivity contribution in [1.82, 2.24) is 14.8 Å². The van der Waals surface area contributed by atoms with Gasteiger partial charge in [0.15, 0.2) is 11.0 Å². The van der Waals surface area contributed by atoms with Gasteiger partial charge in [-0.2, -0.15) is 0 Å². The predicted molar refractivity (Wildman–Crippen MR) is 123 cm³/mol. The third-order valence-electron chi connectivity index (χ3n) is 4.71. The molecule has 3 aromatic carbocycles. The Hall–Kier alpha value is -4.05. The molecule has 0 saturated heterocycles. The van der Waals surface area contributed by atoms with Crippen LogP contribution in [0.3, 0.4) is 0 Å². The van der Waals surface area contributed by atoms with E-state index in [0.717, 1.165) is 5.56 Å². The van der Waals surface area contributed by atoms with Crippen molar-refractivity contribution < 1.29 is 14.1 Å². The molecule has 0 aliphatic heterocycles. The minimum atomic E-state index is -0.506. The first-order valence-corrected chi connectivity index (χ1v) is 10.9. The van der Waals surface area contributed by atoms with Gasteiger partial charge in [-0.25, -0.2) is 4.39 Å². The normalized spacial score (nSPS) is 10.7. The number of nitrogens with one attached hydrogen (secondary N) is 1. The molecule has 33 heavy (non-hydrogen) atoms. The Balaban J connectivity index is 1.52. The molecule has 1 heterocycles. The second-order valence-electron chi connectivity index (χ2n) is 7.00. The highest BCUT2D eigenvalue weighted by Crippen LogP contribution is 2.27. The zero-order valence-electron chi connectivity index (χ0n) is 17.2. The molecule has 1 amide bonds. The second-order valence-corrected chi connectivity index (χ2v) is 7.94. The molecule has 0 spiro atoms. The number of non-ortho nitro benzene ring substituents is 1. The van der Waals surface area contributed by atoms with E-state index in [-0.39, 0.29) is 17.3 Å². The zero-order chi connectivity index (χ0) is 23.2. The number of hydrogen-bond acceptors (Lipinski definition) is 6. The minimum Gasteiger partial charge on any atom is -0.325 e. The number of halogens is 1. The van der Waals surface area contributed by atoms with Gasteiger partial charge in [-0.3, -0.25) is 19.5 Å². The van der Waals surface area contributed by atoms with E-state index in [9.17, 15) is 19.3 Å². The van der Waals surface area contributed by atoms with Gasteiger partial charge in [-0.1, -0.05) is 54.2 Å². The molecule has 0 fully saturated rings. The summed E-state index contributed by atoms with van der Waals surface area (Å²) in [6.07, 6.45) is 0. The maximum atomic E-state index is 14.4. The van der Waals surface area contributed by atoms with Crippen LogP contribution in [0.1, 0.15) is 5.56 Å². The van der Waals surface area contributed by atoms with Gasteiger partial charge in [0.25, 0.3) is 5.69 Å². The van der Waals surface area contributed by atoms with Crippen LogP contribution in [0.4, 0.5) is 15.8 Å². The van der Waals surface area contributed by atoms with Gasteiger partial charge in [0.1, 0.15) is 5.82 Å². The zero-order valence-corrected chi connectivity index (χ0v) is 18.0. The highest BCUT2D eigenvalue weighted by atomic mass is 32.2. The third kappa shape index (κ3) is 5.42. The van der Waals surface area contributed by atoms with Crippen molar-refractivity contribution in [1.29, 1.82) is 0 Å². The third-order valence-corrected chi connectivity index (χ3v) is 5.68. The van der Waals surface area contributed by atoms with Crippen LogP contribution in [0.2, 0.25) is 0 Å². The maximum Gasteiger partial charge on any atom is 0.269 e. The Kier molecular flexibility index (Phi) is 6.75. The second kappa shape index (κ2) is 10.0. The first-order chi connectivity index (χ1) is 16.0. The lowest BCUT2D eigenvalue weighted by Gasteiger charge is -2.11. The van der Waals surface area contributed by atoms with E-state index in [2.05, 4.69) is 15.5 Å². The number of hydrogen-bond donors (Lipinski definition) is 1. The van der Waals surface area contributed by atoms with E-state index >= 15 is 0 Å². The monoisotopic (exact) mass is 463 g/mol. The topological polar surface area (TPSA) is 103 Å². The summed E-state index contributed by atoms with van der Waals surface area (Å²) in [5.74, 6) is -0.321. The number of thioether (sulfide) groups is 1. The number of carbonyl (C=O) groups excluding carboxylic acids is 1. The summed E-state index contributed by atoms with van der Waals surface area (Å²) in [4.78, 5) is 22.7. The Labute approximate surface area is 192 Å². The summed E-state index contributed by atoms with van der Waals surface area (Å²) < 4.78 is 16.2. The SMILES string of the molecule is O=C(CSc1nnc(-c2ccccc2F)n1Cc1ccccc1)Nc1ccc([N+](=O)[O-])cc1. The highest BCUT2D eigenvalue weighted by Gasteiger charge is 2.18. The van der Waals surface area contributed by atoms with Gasteiger partial charge in [-0.05, 0) is 29.8 Å². The van der Waals surface area contributed by atoms with Crippen LogP contribution < -0.4 is 5.32 Å². The fourth-order valence-corrected chi connectivity index (χ4v) is 3.88. The lowest BCUT2D eigenvalue weighted by Crippen LogP contribution is -2.15. The average molecular weight is 463 g/mol. The molecule has 8 nitrogen and oxygen atoms in total. The number of aromatic nitrogens is 3. The van der Waals surface area contributed by atoms with Crippen molar-refractivity contribution in [2.75, 3.05) is 11.1 Å². The number of nitrogens with zero attached hydrogens (tertiary/aromatic N) is 4. The van der Waals surface area contributed by atoms with Gasteiger partial charge in [-0.15, -0.1) is 10.2 Å². The molecule has 0 radical (unpaired) electrons. The molecule has 4 rings (SSSR count). The largest absolute Gasteiger partial charge is 0.325 e. The number of nitro groups is 1. The average Bonchev–Trinajstić information content (AvgIpc) is 3.21. The van der Waals surface area contributed by atoms with Crippen molar-refractivity contribution in [3.63, 3.8) is 0 Å². The van der Waals surface area contributed by atoms with E-state index in [1.807, 2.05) is 30.3 Å². The fourth-order valence-electron chi connectivity index (χ4n) is 3.14. The lowest BCUT2D eigenvalue weighted by molar-refractivity contribution is -0.384. The number of rotatable bonds is 8. The fraction of sp³-hybridized carbons (Fsp3) is 0.0870. The molecular weight excluding hydrogens is 445 g/mol. The van der Waals surface area contributed by atoms with Crippen molar-refractivity contribution >= 4 is 29.0 Å². The summed E-state index contributed by atoms with van der Waals surface area (Å²) in [5, 5.41) is 22.3. The van der Waals surface area contributed by atoms with Gasteiger partial charge in [0, 0.05) is 17.8 Å². The minimum absolute atomic E-state index is 0.0290. The number of anilines is 1. The molecule has 0 saturated carbocycles. The molecule has 1 N–H and O–H groups in total. The van der Waals surface area contributed by atoms with E-state index in [1.165, 1.54) is 42.1 Å². The summed E-state index contributed by atoms with van der Waals surface area (Å²) in [7, 11) is 0. The molecule has 0 aliphatic rings. The first kappa shape index (κ1) is 22.2. The molecule has 4 aromatic rings. The van der Waals surface area contributed by atoms with Crippen molar-refractivity contribution in [2.24, 2.45) is 0 Å². The van der Waals surface area contributed by atoms with Crippen molar-refractivity contribution in [3.8, 4) is 11.4 Å². The molecule has 166 valence electrons. The molecule has 0 atom stereocenters. The number of carbonyl (C=O) groups is 1. The van der Waals surface area contributed by atoms with Crippen LogP contribution in [0, 0.1) is 15.9 Å². The van der Waals surface area contributed by atoms with E-state index in [1.54, 1.807) is 22.8 Å². The van der Waals surface area contributed by atoms with Crippen LogP contribution in [-0.4, -0.2) is 31.3 Å². The highest BCUT2D eigenvalue weighted by molar-refractivity contribution is 7.99. The Morgan fingerprint density at radius 3 is 2.39 bits per heavy atom. The van der Waals surface area contributed by atoms with Crippen LogP contribution in [0.25, 0.3) is 11.4 Å². The summed E-state index contributed by atoms with van der Waals surface area (Å²) in [6.45, 7) is 0.407. The first-order valence-electron chi connectivity index (χ1n) is 9.90. The number of benzene rings is 3. The van der Waals surface area contributed by atoms with E-state index in [4.69, 9.17) is 0 Å². The molecule has 0 aliphatic carbocycles. The predicted octanol–water partition coefficient (Wildman–Crippen LogP) is 4.77. The van der Waals surface area contributed by atoms with Crippen LogP contribution >= 0.6 is 11.8 Å². The van der Waals surface area contributed by atoms with Gasteiger partial charge >= 0.3 is 0 Å². The lowest BCUT2D eigenvalue weighted by atomic mass is 10.2. The Bertz CT molecular complexity index is 1280. The summed E-state index contributed by atoms with van der Waals surface area (Å²) >= 11 is 1.17. The smallest absolute Gasteiger partial charge is 0.269 e. The maximum absolute atomic E-state index is 14.4. The summed E-state index contributed by atoms with van der Waals surface area (Å²) in [5.41, 5.74) is 1.69. The molecule has 0 bridgehead atoms. The molecular formula is C23H18FN5O3S. The van der Waals surface area contributed by atoms with E-state index in [0.29, 0.717) is 28.8 Å². The van der Waals surface area contributed by atoms with Crippen molar-refractivity contribution in [3.05, 3.63) is 100 Å². The van der Waals surface area contributed by atoms with Crippen LogP contribution in [0.15, 0.2) is 84.0 Å². The van der Waals surface area contributed by atoms with Crippen LogP contribution in [0.5, 0.6) is 0 Å². The molecule has 10 heteroatoms. The summed E-state index contributed by atoms with van der Waals surface area (Å²) in [6, 6.07) is 21.5. The van der Waals surface area contributed by atoms with Gasteiger partial charge < -0.3 is 5.32 Å². The molecule has 0 unspecified atom stereocenters. The Morgan fingerprint density at radius 1 is 1.00 bits per heavy atom. The van der Waals surface area contributed by atoms with Crippen molar-refractivity contribution in [2.45, 2.75) is 11.7 Å². The molecule has 1 aromatic heterocycles. The quantitative estimate of drug-likeness (QED) is 0.229. The van der Waals surface area contributed by atoms with E-state index < -0.39 is 10.7 Å².